The fourth-order valence-corrected chi connectivity index (χ4v) is 3.24. The van der Waals surface area contributed by atoms with Crippen LogP contribution in [0.25, 0.3) is 0 Å². The molecule has 23 heavy (non-hydrogen) atoms. The normalized spacial score (nSPS) is 11.3. The highest BCUT2D eigenvalue weighted by atomic mass is 15.3. The van der Waals surface area contributed by atoms with Crippen LogP contribution >= 0.6 is 0 Å². The molecule has 1 heteroatoms. The minimum atomic E-state index is 0.970. The summed E-state index contributed by atoms with van der Waals surface area (Å²) in [7, 11) is 2.35. The second-order valence-electron chi connectivity index (χ2n) is 6.55. The lowest BCUT2D eigenvalue weighted by molar-refractivity contribution is -0.948. The van der Waals surface area contributed by atoms with E-state index >= 15 is 0 Å². The standard InChI is InChI=1S/C22H24N/c1-23(17-20-11-5-2-6-12-20,18-21-13-7-3-8-14-21)19-22-15-9-4-10-16-22/h2-16H,17-19H2,1H3/q+1. The minimum Gasteiger partial charge on any atom is -0.315 e. The average molecular weight is 302 g/mol. The highest BCUT2D eigenvalue weighted by Gasteiger charge is 2.23. The second-order valence-corrected chi connectivity index (χ2v) is 6.55. The Morgan fingerprint density at radius 1 is 0.478 bits per heavy atom. The summed E-state index contributed by atoms with van der Waals surface area (Å²) in [5, 5.41) is 0. The Hall–Kier alpha value is -2.38. The first-order chi connectivity index (χ1) is 11.2. The molecule has 3 aromatic rings. The van der Waals surface area contributed by atoms with E-state index in [9.17, 15) is 0 Å². The van der Waals surface area contributed by atoms with Crippen LogP contribution in [0, 0.1) is 0 Å². The summed E-state index contributed by atoms with van der Waals surface area (Å²) in [6.07, 6.45) is 0. The molecular weight excluding hydrogens is 278 g/mol. The van der Waals surface area contributed by atoms with Crippen LogP contribution in [0.4, 0.5) is 0 Å². The maximum absolute atomic E-state index is 2.35. The zero-order valence-electron chi connectivity index (χ0n) is 13.7. The van der Waals surface area contributed by atoms with Crippen molar-refractivity contribution in [3.8, 4) is 0 Å². The Morgan fingerprint density at radius 3 is 1.00 bits per heavy atom. The van der Waals surface area contributed by atoms with Crippen LogP contribution in [-0.2, 0) is 19.6 Å². The van der Waals surface area contributed by atoms with Gasteiger partial charge in [-0.1, -0.05) is 91.0 Å². The molecule has 0 atom stereocenters. The number of rotatable bonds is 6. The average Bonchev–Trinajstić information content (AvgIpc) is 2.57. The van der Waals surface area contributed by atoms with Crippen molar-refractivity contribution in [3.63, 3.8) is 0 Å². The number of nitrogens with zero attached hydrogens (tertiary/aromatic N) is 1. The van der Waals surface area contributed by atoms with Gasteiger partial charge in [0.1, 0.15) is 19.6 Å². The third-order valence-electron chi connectivity index (χ3n) is 4.22. The molecule has 0 N–H and O–H groups in total. The van der Waals surface area contributed by atoms with Crippen LogP contribution < -0.4 is 0 Å². The summed E-state index contributed by atoms with van der Waals surface area (Å²) in [5.41, 5.74) is 4.17. The fourth-order valence-electron chi connectivity index (χ4n) is 3.24. The van der Waals surface area contributed by atoms with Gasteiger partial charge in [-0.2, -0.15) is 0 Å². The third kappa shape index (κ3) is 4.54. The second kappa shape index (κ2) is 7.26. The first-order valence-corrected chi connectivity index (χ1v) is 8.19. The molecule has 0 radical (unpaired) electrons. The fraction of sp³-hybridized carbons (Fsp3) is 0.182. The quantitative estimate of drug-likeness (QED) is 0.560. The Labute approximate surface area is 139 Å². The van der Waals surface area contributed by atoms with Crippen molar-refractivity contribution in [2.75, 3.05) is 7.05 Å². The Balaban J connectivity index is 1.85. The van der Waals surface area contributed by atoms with Crippen LogP contribution in [0.5, 0.6) is 0 Å². The van der Waals surface area contributed by atoms with Crippen molar-refractivity contribution in [1.29, 1.82) is 0 Å². The molecule has 0 aliphatic carbocycles. The molecule has 1 nitrogen and oxygen atoms in total. The smallest absolute Gasteiger partial charge is 0.105 e. The van der Waals surface area contributed by atoms with Gasteiger partial charge in [-0.15, -0.1) is 0 Å². The molecule has 3 rings (SSSR count). The molecule has 0 fully saturated rings. The summed E-state index contributed by atoms with van der Waals surface area (Å²) in [5.74, 6) is 0. The summed E-state index contributed by atoms with van der Waals surface area (Å²) < 4.78 is 0.970. The molecular formula is C22H24N+. The van der Waals surface area contributed by atoms with Gasteiger partial charge in [0.05, 0.1) is 7.05 Å². The molecule has 0 aromatic heterocycles. The lowest BCUT2D eigenvalue weighted by Crippen LogP contribution is -2.41. The number of hydrogen-bond acceptors (Lipinski definition) is 0. The van der Waals surface area contributed by atoms with Gasteiger partial charge in [-0.05, 0) is 0 Å². The van der Waals surface area contributed by atoms with Crippen LogP contribution in [0.3, 0.4) is 0 Å². The van der Waals surface area contributed by atoms with E-state index in [1.54, 1.807) is 0 Å². The third-order valence-corrected chi connectivity index (χ3v) is 4.22. The topological polar surface area (TPSA) is 0 Å². The van der Waals surface area contributed by atoms with Crippen molar-refractivity contribution in [1.82, 2.24) is 0 Å². The molecule has 0 unspecified atom stereocenters. The zero-order chi connectivity index (χ0) is 16.0. The van der Waals surface area contributed by atoms with Gasteiger partial charge in [-0.3, -0.25) is 0 Å². The lowest BCUT2D eigenvalue weighted by Gasteiger charge is -2.35. The molecule has 0 aliphatic heterocycles. The molecule has 116 valence electrons. The van der Waals surface area contributed by atoms with E-state index < -0.39 is 0 Å². The van der Waals surface area contributed by atoms with Gasteiger partial charge in [0.2, 0.25) is 0 Å². The van der Waals surface area contributed by atoms with E-state index in [1.165, 1.54) is 16.7 Å². The highest BCUT2D eigenvalue weighted by Crippen LogP contribution is 2.21. The number of quaternary nitrogens is 1. The summed E-state index contributed by atoms with van der Waals surface area (Å²) in [4.78, 5) is 0. The van der Waals surface area contributed by atoms with E-state index in [0.29, 0.717) is 0 Å². The molecule has 0 heterocycles. The summed E-state index contributed by atoms with van der Waals surface area (Å²) >= 11 is 0. The predicted octanol–water partition coefficient (Wildman–Crippen LogP) is 5.03. The van der Waals surface area contributed by atoms with Crippen LogP contribution in [-0.4, -0.2) is 11.5 Å². The lowest BCUT2D eigenvalue weighted by atomic mass is 10.1. The highest BCUT2D eigenvalue weighted by molar-refractivity contribution is 5.17. The molecule has 3 aromatic carbocycles. The van der Waals surface area contributed by atoms with Crippen LogP contribution in [0.1, 0.15) is 16.7 Å². The maximum atomic E-state index is 2.35. The largest absolute Gasteiger partial charge is 0.315 e. The molecule has 0 bridgehead atoms. The molecule has 0 spiro atoms. The van der Waals surface area contributed by atoms with Crippen molar-refractivity contribution in [2.45, 2.75) is 19.6 Å². The molecule has 0 aliphatic rings. The molecule has 0 amide bonds. The van der Waals surface area contributed by atoms with Crippen LogP contribution in [0.15, 0.2) is 91.0 Å². The van der Waals surface area contributed by atoms with E-state index in [1.807, 2.05) is 0 Å². The Bertz CT molecular complexity index is 603. The first kappa shape index (κ1) is 15.5. The SMILES string of the molecule is C[N+](Cc1ccccc1)(Cc1ccccc1)Cc1ccccc1. The van der Waals surface area contributed by atoms with Gasteiger partial charge in [0, 0.05) is 16.7 Å². The Morgan fingerprint density at radius 2 is 0.739 bits per heavy atom. The van der Waals surface area contributed by atoms with Crippen molar-refractivity contribution < 1.29 is 4.48 Å². The van der Waals surface area contributed by atoms with Crippen molar-refractivity contribution in [3.05, 3.63) is 108 Å². The zero-order valence-corrected chi connectivity index (χ0v) is 13.7. The minimum absolute atomic E-state index is 0.970. The molecule has 0 saturated heterocycles. The van der Waals surface area contributed by atoms with Crippen molar-refractivity contribution >= 4 is 0 Å². The summed E-state index contributed by atoms with van der Waals surface area (Å²) in [6, 6.07) is 32.4. The number of benzene rings is 3. The van der Waals surface area contributed by atoms with E-state index in [4.69, 9.17) is 0 Å². The first-order valence-electron chi connectivity index (χ1n) is 8.19. The van der Waals surface area contributed by atoms with Crippen molar-refractivity contribution in [2.24, 2.45) is 0 Å². The van der Waals surface area contributed by atoms with Gasteiger partial charge >= 0.3 is 0 Å². The van der Waals surface area contributed by atoms with E-state index in [0.717, 1.165) is 24.1 Å². The predicted molar refractivity (Wildman–Crippen MR) is 96.6 cm³/mol. The molecule has 0 saturated carbocycles. The Kier molecular flexibility index (Phi) is 4.89. The van der Waals surface area contributed by atoms with Gasteiger partial charge < -0.3 is 4.48 Å². The maximum Gasteiger partial charge on any atom is 0.105 e. The van der Waals surface area contributed by atoms with Gasteiger partial charge in [-0.25, -0.2) is 0 Å². The van der Waals surface area contributed by atoms with E-state index in [2.05, 4.69) is 98.0 Å². The van der Waals surface area contributed by atoms with E-state index in [-0.39, 0.29) is 0 Å². The van der Waals surface area contributed by atoms with Crippen LogP contribution in [0.2, 0.25) is 0 Å². The van der Waals surface area contributed by atoms with Gasteiger partial charge in [0.25, 0.3) is 0 Å². The number of hydrogen-bond donors (Lipinski definition) is 0. The monoisotopic (exact) mass is 302 g/mol. The summed E-state index contributed by atoms with van der Waals surface area (Å²) in [6.45, 7) is 3.10. The van der Waals surface area contributed by atoms with Gasteiger partial charge in [0.15, 0.2) is 0 Å².